The smallest absolute Gasteiger partial charge is 0.545 e. The summed E-state index contributed by atoms with van der Waals surface area (Å²) >= 11 is 0. The average molecular weight is 277 g/mol. The number of benzene rings is 1. The fraction of sp³-hybridized carbons (Fsp3) is 0. The van der Waals surface area contributed by atoms with E-state index in [2.05, 4.69) is 0 Å². The topological polar surface area (TPSA) is 80.3 Å². The number of hydrogen-bond acceptors (Lipinski definition) is 4. The number of carboxylic acids is 2. The molecule has 5 heteroatoms. The first-order chi connectivity index (χ1) is 5.61. The third-order valence-corrected chi connectivity index (χ3v) is 1.36. The quantitative estimate of drug-likeness (QED) is 0.610. The van der Waals surface area contributed by atoms with Crippen LogP contribution < -0.4 is 10.2 Å². The molecule has 0 bridgehead atoms. The zero-order valence-electron chi connectivity index (χ0n) is 6.65. The summed E-state index contributed by atoms with van der Waals surface area (Å²) in [5.41, 5.74) is -0.111. The predicted octanol–water partition coefficient (Wildman–Crippen LogP) is -1.59. The van der Waals surface area contributed by atoms with E-state index in [1.165, 1.54) is 0 Å². The molecule has 0 radical (unpaired) electrons. The Morgan fingerprint density at radius 3 is 1.23 bits per heavy atom. The largest absolute Gasteiger partial charge is 2.00 e. The molecule has 0 saturated heterocycles. The van der Waals surface area contributed by atoms with Crippen LogP contribution in [0.4, 0.5) is 0 Å². The number of carbonyl (C=O) groups is 2. The Labute approximate surface area is 94.4 Å². The van der Waals surface area contributed by atoms with Crippen LogP contribution in [0.5, 0.6) is 0 Å². The number of rotatable bonds is 2. The van der Waals surface area contributed by atoms with Crippen LogP contribution in [0.2, 0.25) is 0 Å². The minimum Gasteiger partial charge on any atom is -0.545 e. The van der Waals surface area contributed by atoms with Gasteiger partial charge in [-0.25, -0.2) is 0 Å². The van der Waals surface area contributed by atoms with Crippen molar-refractivity contribution in [2.24, 2.45) is 0 Å². The molecule has 0 amide bonds. The van der Waals surface area contributed by atoms with Gasteiger partial charge in [0.25, 0.3) is 0 Å². The molecular weight excluding hydrogens is 272 g/mol. The summed E-state index contributed by atoms with van der Waals surface area (Å²) in [7, 11) is 0. The van der Waals surface area contributed by atoms with E-state index in [1.807, 2.05) is 0 Å². The molecule has 0 spiro atoms. The van der Waals surface area contributed by atoms with Gasteiger partial charge in [-0.05, 0) is 11.1 Å². The van der Waals surface area contributed by atoms with Crippen molar-refractivity contribution < 1.29 is 47.1 Å². The third-order valence-electron chi connectivity index (χ3n) is 1.36. The van der Waals surface area contributed by atoms with Crippen molar-refractivity contribution in [3.8, 4) is 0 Å². The molecule has 0 fully saturated rings. The maximum atomic E-state index is 10.2. The molecule has 0 aromatic heterocycles. The van der Waals surface area contributed by atoms with Crippen LogP contribution in [-0.4, -0.2) is 11.9 Å². The van der Waals surface area contributed by atoms with E-state index in [0.29, 0.717) is 0 Å². The average Bonchev–Trinajstić information content (AvgIpc) is 2.04. The first kappa shape index (κ1) is 12.1. The van der Waals surface area contributed by atoms with Gasteiger partial charge in [-0.3, -0.25) is 0 Å². The van der Waals surface area contributed by atoms with E-state index in [0.717, 1.165) is 24.3 Å². The molecule has 0 heterocycles. The monoisotopic (exact) mass is 278 g/mol. The molecule has 13 heavy (non-hydrogen) atoms. The summed E-state index contributed by atoms with van der Waals surface area (Å²) in [4.78, 5) is 20.4. The van der Waals surface area contributed by atoms with Crippen LogP contribution in [0.1, 0.15) is 20.7 Å². The van der Waals surface area contributed by atoms with Gasteiger partial charge >= 0.3 is 27.3 Å². The van der Waals surface area contributed by atoms with E-state index in [1.54, 1.807) is 0 Å². The normalized spacial score (nSPS) is 8.62. The van der Waals surface area contributed by atoms with Gasteiger partial charge in [0.15, 0.2) is 0 Å². The number of hydrogen-bond donors (Lipinski definition) is 0. The molecule has 4 nitrogen and oxygen atoms in total. The van der Waals surface area contributed by atoms with Crippen LogP contribution in [-0.2, 0) is 27.3 Å². The minimum atomic E-state index is -1.33. The number of carbonyl (C=O) groups excluding carboxylic acids is 2. The van der Waals surface area contributed by atoms with Crippen LogP contribution in [0.15, 0.2) is 24.3 Å². The van der Waals surface area contributed by atoms with E-state index in [9.17, 15) is 19.8 Å². The first-order valence-electron chi connectivity index (χ1n) is 3.14. The Morgan fingerprint density at radius 1 is 0.846 bits per heavy atom. The molecular formula is C8H4CdO4. The fourth-order valence-electron chi connectivity index (χ4n) is 0.742. The van der Waals surface area contributed by atoms with Crippen molar-refractivity contribution in [3.63, 3.8) is 0 Å². The Hall–Kier alpha value is -0.918. The molecule has 0 aliphatic carbocycles. The van der Waals surface area contributed by atoms with Crippen molar-refractivity contribution >= 4 is 11.9 Å². The molecule has 0 saturated carbocycles. The Bertz CT molecular complexity index is 284. The van der Waals surface area contributed by atoms with Crippen molar-refractivity contribution in [1.82, 2.24) is 0 Å². The van der Waals surface area contributed by atoms with Gasteiger partial charge < -0.3 is 19.8 Å². The Kier molecular flexibility index (Phi) is 4.60. The van der Waals surface area contributed by atoms with Crippen LogP contribution in [0, 0.1) is 0 Å². The zero-order chi connectivity index (χ0) is 9.14. The summed E-state index contributed by atoms with van der Waals surface area (Å²) < 4.78 is 0. The van der Waals surface area contributed by atoms with Gasteiger partial charge in [-0.2, -0.15) is 0 Å². The van der Waals surface area contributed by atoms with Crippen molar-refractivity contribution in [3.05, 3.63) is 35.4 Å². The van der Waals surface area contributed by atoms with E-state index in [-0.39, 0.29) is 38.4 Å². The molecule has 1 rings (SSSR count). The molecule has 0 aliphatic rings. The Balaban J connectivity index is 0.00000144. The molecule has 1 aromatic carbocycles. The maximum absolute atomic E-state index is 10.2. The SMILES string of the molecule is O=C([O-])c1ccc(C(=O)[O-])cc1.[Cd+2]. The molecule has 1 aromatic rings. The predicted molar refractivity (Wildman–Crippen MR) is 35.1 cm³/mol. The van der Waals surface area contributed by atoms with Gasteiger partial charge in [0.1, 0.15) is 0 Å². The van der Waals surface area contributed by atoms with E-state index < -0.39 is 11.9 Å². The fourth-order valence-corrected chi connectivity index (χ4v) is 0.742. The maximum Gasteiger partial charge on any atom is 2.00 e. The van der Waals surface area contributed by atoms with Gasteiger partial charge in [-0.15, -0.1) is 0 Å². The third kappa shape index (κ3) is 3.13. The van der Waals surface area contributed by atoms with Crippen LogP contribution in [0.25, 0.3) is 0 Å². The van der Waals surface area contributed by atoms with Gasteiger partial charge in [-0.1, -0.05) is 24.3 Å². The second-order valence-corrected chi connectivity index (χ2v) is 2.15. The minimum absolute atomic E-state index is 0. The summed E-state index contributed by atoms with van der Waals surface area (Å²) in [6, 6.07) is 4.61. The van der Waals surface area contributed by atoms with Crippen molar-refractivity contribution in [2.45, 2.75) is 0 Å². The summed E-state index contributed by atoms with van der Waals surface area (Å²) in [6.07, 6.45) is 0. The Morgan fingerprint density at radius 2 is 1.08 bits per heavy atom. The number of aromatic carboxylic acids is 2. The summed E-state index contributed by atoms with van der Waals surface area (Å²) in [6.45, 7) is 0. The van der Waals surface area contributed by atoms with E-state index in [4.69, 9.17) is 0 Å². The standard InChI is InChI=1S/C8H6O4.Cd/c9-7(10)5-1-2-6(4-3-5)8(11)12;/h1-4H,(H,9,10)(H,11,12);/q;+2/p-2. The summed E-state index contributed by atoms with van der Waals surface area (Å²) in [5, 5.41) is 20.4. The van der Waals surface area contributed by atoms with Crippen LogP contribution in [0.3, 0.4) is 0 Å². The van der Waals surface area contributed by atoms with Crippen molar-refractivity contribution in [1.29, 1.82) is 0 Å². The molecule has 0 N–H and O–H groups in total. The van der Waals surface area contributed by atoms with Gasteiger partial charge in [0, 0.05) is 0 Å². The number of carboxylic acid groups (broad SMARTS) is 2. The molecule has 0 unspecified atom stereocenters. The second kappa shape index (κ2) is 4.95. The van der Waals surface area contributed by atoms with E-state index >= 15 is 0 Å². The molecule has 62 valence electrons. The van der Waals surface area contributed by atoms with Crippen LogP contribution >= 0.6 is 0 Å². The van der Waals surface area contributed by atoms with Crippen molar-refractivity contribution in [2.75, 3.05) is 0 Å². The van der Waals surface area contributed by atoms with Gasteiger partial charge in [0.05, 0.1) is 11.9 Å². The molecule has 0 atom stereocenters. The summed E-state index contributed by atoms with van der Waals surface area (Å²) in [5.74, 6) is -2.67. The first-order valence-corrected chi connectivity index (χ1v) is 3.14. The molecule has 0 aliphatic heterocycles. The van der Waals surface area contributed by atoms with Gasteiger partial charge in [0.2, 0.25) is 0 Å². The second-order valence-electron chi connectivity index (χ2n) is 2.15. The zero-order valence-corrected chi connectivity index (χ0v) is 10.7.